The van der Waals surface area contributed by atoms with E-state index in [0.29, 0.717) is 39.6 Å². The van der Waals surface area contributed by atoms with Crippen LogP contribution < -0.4 is 0 Å². The zero-order valence-corrected chi connectivity index (χ0v) is 18.0. The summed E-state index contributed by atoms with van der Waals surface area (Å²) in [5.41, 5.74) is -2.62. The topological polar surface area (TPSA) is 73.8 Å². The molecular weight excluding hydrogens is 391 g/mol. The van der Waals surface area contributed by atoms with Crippen molar-refractivity contribution in [3.63, 3.8) is 0 Å². The lowest BCUT2D eigenvalue weighted by Crippen LogP contribution is -2.19. The molecule has 0 saturated heterocycles. The second kappa shape index (κ2) is 16.8. The van der Waals surface area contributed by atoms with Gasteiger partial charge in [0.1, 0.15) is 0 Å². The molecule has 0 aromatic rings. The van der Waals surface area contributed by atoms with E-state index in [9.17, 15) is 0 Å². The van der Waals surface area contributed by atoms with E-state index < -0.39 is 5.69 Å². The van der Waals surface area contributed by atoms with Crippen LogP contribution in [0.15, 0.2) is 0 Å². The van der Waals surface area contributed by atoms with Gasteiger partial charge in [0.15, 0.2) is 12.6 Å². The Morgan fingerprint density at radius 1 is 0.680 bits per heavy atom. The first-order valence-corrected chi connectivity index (χ1v) is 11.8. The number of hydrogen-bond acceptors (Lipinski definition) is 9. The lowest BCUT2D eigenvalue weighted by molar-refractivity contribution is -0.142. The van der Waals surface area contributed by atoms with Gasteiger partial charge < -0.3 is 37.5 Å². The molecule has 0 radical (unpaired) electrons. The second-order valence-electron chi connectivity index (χ2n) is 4.74. The van der Waals surface area contributed by atoms with E-state index in [1.807, 2.05) is 0 Å². The Hall–Kier alpha value is 0.680. The molecule has 0 amide bonds. The minimum atomic E-state index is -2.62. The molecule has 0 aliphatic carbocycles. The quantitative estimate of drug-likeness (QED) is 0.155. The highest BCUT2D eigenvalue weighted by molar-refractivity contribution is 8.60. The largest absolute Gasteiger partial charge is 0.382 e. The average Bonchev–Trinajstić information content (AvgIpc) is 2.56. The molecule has 0 heterocycles. The molecule has 0 aliphatic heterocycles. The van der Waals surface area contributed by atoms with Crippen molar-refractivity contribution in [1.29, 1.82) is 0 Å². The Kier molecular flexibility index (Phi) is 17.3. The van der Waals surface area contributed by atoms with Crippen LogP contribution >= 0.6 is 17.9 Å². The van der Waals surface area contributed by atoms with Gasteiger partial charge in [-0.1, -0.05) is 12.2 Å². The van der Waals surface area contributed by atoms with E-state index in [1.54, 1.807) is 28.1 Å². The van der Waals surface area contributed by atoms with Gasteiger partial charge in [0.2, 0.25) is 5.69 Å². The molecule has 8 nitrogen and oxygen atoms in total. The molecule has 0 saturated carbocycles. The predicted molar refractivity (Wildman–Crippen MR) is 102 cm³/mol. The summed E-state index contributed by atoms with van der Waals surface area (Å²) in [6.45, 7) is 6.80. The first kappa shape index (κ1) is 25.7. The number of methoxy groups -OCH3 is 2. The molecule has 0 aliphatic rings. The Morgan fingerprint density at radius 2 is 1.00 bits per heavy atom. The van der Waals surface area contributed by atoms with Gasteiger partial charge in [-0.25, -0.2) is 0 Å². The van der Waals surface area contributed by atoms with Crippen molar-refractivity contribution in [2.45, 2.75) is 26.4 Å². The molecule has 0 bridgehead atoms. The average molecular weight is 423 g/mol. The maximum atomic E-state index is 5.45. The zero-order chi connectivity index (χ0) is 19.0. The molecule has 0 spiro atoms. The lowest BCUT2D eigenvalue weighted by atomic mass is 10.7. The fraction of sp³-hybridized carbons (Fsp3) is 1.00. The zero-order valence-electron chi connectivity index (χ0n) is 15.4. The summed E-state index contributed by atoms with van der Waals surface area (Å²) in [5, 5.41) is 0. The molecule has 0 aromatic heterocycles. The maximum absolute atomic E-state index is 5.45. The van der Waals surface area contributed by atoms with Crippen molar-refractivity contribution in [2.24, 2.45) is 0 Å². The van der Waals surface area contributed by atoms with E-state index in [0.717, 1.165) is 0 Å². The van der Waals surface area contributed by atoms with Gasteiger partial charge in [0.05, 0.1) is 52.9 Å². The first-order valence-electron chi connectivity index (χ1n) is 7.97. The Labute approximate surface area is 161 Å². The van der Waals surface area contributed by atoms with Crippen molar-refractivity contribution < 1.29 is 37.5 Å². The van der Waals surface area contributed by atoms with Crippen LogP contribution in [-0.4, -0.2) is 79.7 Å². The summed E-state index contributed by atoms with van der Waals surface area (Å²) < 4.78 is 42.2. The van der Waals surface area contributed by atoms with Crippen LogP contribution in [0.25, 0.3) is 0 Å². The summed E-state index contributed by atoms with van der Waals surface area (Å²) in [4.78, 5) is 0. The van der Waals surface area contributed by atoms with Gasteiger partial charge in [-0.2, -0.15) is 0 Å². The van der Waals surface area contributed by atoms with Gasteiger partial charge in [0, 0.05) is 14.2 Å². The van der Waals surface area contributed by atoms with Crippen molar-refractivity contribution in [3.05, 3.63) is 0 Å². The summed E-state index contributed by atoms with van der Waals surface area (Å²) in [6, 6.07) is 0. The minimum absolute atomic E-state index is 0.274. The Bertz CT molecular complexity index is 323. The van der Waals surface area contributed by atoms with Crippen LogP contribution in [-0.2, 0) is 49.3 Å². The van der Waals surface area contributed by atoms with E-state index >= 15 is 0 Å². The number of thiol groups is 1. The molecule has 11 heteroatoms. The van der Waals surface area contributed by atoms with Crippen molar-refractivity contribution >= 4 is 29.7 Å². The van der Waals surface area contributed by atoms with Gasteiger partial charge in [-0.15, -0.1) is 0 Å². The molecule has 0 N–H and O–H groups in total. The van der Waals surface area contributed by atoms with Gasteiger partial charge in [-0.3, -0.25) is 0 Å². The third-order valence-corrected chi connectivity index (χ3v) is 5.00. The fourth-order valence-corrected chi connectivity index (χ4v) is 3.08. The van der Waals surface area contributed by atoms with Gasteiger partial charge in [-0.05, 0) is 25.7 Å². The van der Waals surface area contributed by atoms with Crippen molar-refractivity contribution in [3.8, 4) is 0 Å². The molecule has 25 heavy (non-hydrogen) atoms. The third-order valence-electron chi connectivity index (χ3n) is 2.66. The molecule has 2 atom stereocenters. The molecule has 2 unspecified atom stereocenters. The predicted octanol–water partition coefficient (Wildman–Crippen LogP) is 2.23. The summed E-state index contributed by atoms with van der Waals surface area (Å²) in [6.07, 6.45) is -0.684. The van der Waals surface area contributed by atoms with E-state index in [2.05, 4.69) is 12.2 Å². The molecule has 0 aromatic carbocycles. The number of rotatable bonds is 18. The molecule has 152 valence electrons. The van der Waals surface area contributed by atoms with Crippen LogP contribution in [0.3, 0.4) is 0 Å². The maximum Gasteiger partial charge on any atom is 0.244 e. The highest BCUT2D eigenvalue weighted by atomic mass is 32.9. The molecule has 0 rings (SSSR count). The van der Waals surface area contributed by atoms with Gasteiger partial charge in [0.25, 0.3) is 0 Å². The first-order chi connectivity index (χ1) is 11.9. The lowest BCUT2D eigenvalue weighted by Gasteiger charge is -2.19. The van der Waals surface area contributed by atoms with E-state index in [-0.39, 0.29) is 25.8 Å². The van der Waals surface area contributed by atoms with Crippen LogP contribution in [0, 0.1) is 0 Å². The minimum Gasteiger partial charge on any atom is -0.382 e. The summed E-state index contributed by atoms with van der Waals surface area (Å²) in [5.74, 6) is 0. The van der Waals surface area contributed by atoms with Gasteiger partial charge >= 0.3 is 0 Å². The van der Waals surface area contributed by atoms with Crippen molar-refractivity contribution in [1.82, 2.24) is 0 Å². The molecular formula is C14H31O8PS2. The van der Waals surface area contributed by atoms with Crippen LogP contribution in [0.2, 0.25) is 0 Å². The van der Waals surface area contributed by atoms with Crippen LogP contribution in [0.5, 0.6) is 0 Å². The van der Waals surface area contributed by atoms with Crippen LogP contribution in [0.4, 0.5) is 0 Å². The monoisotopic (exact) mass is 422 g/mol. The Balaban J connectivity index is 3.62. The Morgan fingerprint density at radius 3 is 1.32 bits per heavy atom. The third kappa shape index (κ3) is 17.8. The smallest absolute Gasteiger partial charge is 0.244 e. The highest BCUT2D eigenvalue weighted by Gasteiger charge is 2.14. The normalized spacial score (nSPS) is 16.5. The SMILES string of the molecule is COCCOC(C)OCCOP(=S)(S)OCCOC(C)OCCOC. The van der Waals surface area contributed by atoms with E-state index in [1.165, 1.54) is 0 Å². The van der Waals surface area contributed by atoms with Crippen molar-refractivity contribution in [2.75, 3.05) is 67.1 Å². The second-order valence-corrected chi connectivity index (χ2v) is 10.0. The highest BCUT2D eigenvalue weighted by Crippen LogP contribution is 2.53. The summed E-state index contributed by atoms with van der Waals surface area (Å²) in [7, 11) is 3.23. The molecule has 0 fully saturated rings. The standard InChI is InChI=1S/C14H31O8PS2/c1-13(17-7-5-15-3)19-9-11-21-23(24,25)22-12-10-20-14(2)18-8-6-16-4/h13-14H,5-12H2,1-4H3,(H,24,25). The summed E-state index contributed by atoms with van der Waals surface area (Å²) >= 11 is 9.45. The van der Waals surface area contributed by atoms with Crippen LogP contribution in [0.1, 0.15) is 13.8 Å². The number of hydrogen-bond donors (Lipinski definition) is 1. The number of ether oxygens (including phenoxy) is 6. The van der Waals surface area contributed by atoms with E-state index in [4.69, 9.17) is 49.3 Å². The fourth-order valence-electron chi connectivity index (χ4n) is 1.46.